The van der Waals surface area contributed by atoms with Crippen LogP contribution in [0.2, 0.25) is 10.0 Å². The number of nitrogens with one attached hydrogen (secondary N) is 1. The van der Waals surface area contributed by atoms with E-state index in [1.807, 2.05) is 5.48 Å². The van der Waals surface area contributed by atoms with Gasteiger partial charge in [0.15, 0.2) is 0 Å². The minimum atomic E-state index is 0.326. The summed E-state index contributed by atoms with van der Waals surface area (Å²) in [7, 11) is 0. The zero-order valence-electron chi connectivity index (χ0n) is 4.94. The van der Waals surface area contributed by atoms with Gasteiger partial charge in [0.05, 0.1) is 15.7 Å². The predicted octanol–water partition coefficient (Wildman–Crippen LogP) is 2.79. The summed E-state index contributed by atoms with van der Waals surface area (Å²) in [6.07, 6.45) is 0. The van der Waals surface area contributed by atoms with Gasteiger partial charge in [-0.15, -0.1) is 0 Å². The largest absolute Gasteiger partial charge is 0.291 e. The first-order valence-corrected chi connectivity index (χ1v) is 3.35. The Hall–Kier alpha value is -0.440. The van der Waals surface area contributed by atoms with E-state index in [4.69, 9.17) is 28.4 Å². The molecule has 0 unspecified atom stereocenters. The van der Waals surface area contributed by atoms with Gasteiger partial charge in [-0.3, -0.25) is 10.7 Å². The molecule has 0 aliphatic carbocycles. The van der Waals surface area contributed by atoms with Crippen molar-refractivity contribution in [2.75, 3.05) is 5.48 Å². The van der Waals surface area contributed by atoms with Gasteiger partial charge in [0.1, 0.15) is 0 Å². The summed E-state index contributed by atoms with van der Waals surface area (Å²) in [5.74, 6) is 0. The van der Waals surface area contributed by atoms with Crippen LogP contribution in [0.4, 0.5) is 5.69 Å². The minimum absolute atomic E-state index is 0.326. The van der Waals surface area contributed by atoms with E-state index in [1.165, 1.54) is 0 Å². The third-order valence-electron chi connectivity index (χ3n) is 1.07. The summed E-state index contributed by atoms with van der Waals surface area (Å²) in [6.45, 7) is 0. The molecule has 2 N–H and O–H groups in total. The fourth-order valence-corrected chi connectivity index (χ4v) is 0.933. The molecule has 1 aromatic carbocycles. The van der Waals surface area contributed by atoms with Gasteiger partial charge in [0, 0.05) is 0 Å². The Morgan fingerprint density at radius 1 is 1.30 bits per heavy atom. The van der Waals surface area contributed by atoms with E-state index in [1.54, 1.807) is 18.2 Å². The van der Waals surface area contributed by atoms with Crippen molar-refractivity contribution in [3.8, 4) is 0 Å². The lowest BCUT2D eigenvalue weighted by atomic mass is 10.3. The van der Waals surface area contributed by atoms with Gasteiger partial charge in [-0.25, -0.2) is 0 Å². The first-order chi connectivity index (χ1) is 4.75. The van der Waals surface area contributed by atoms with Gasteiger partial charge in [0.2, 0.25) is 0 Å². The highest BCUT2D eigenvalue weighted by Crippen LogP contribution is 2.28. The van der Waals surface area contributed by atoms with Crippen molar-refractivity contribution in [3.63, 3.8) is 0 Å². The van der Waals surface area contributed by atoms with Gasteiger partial charge in [-0.1, -0.05) is 29.3 Å². The highest BCUT2D eigenvalue weighted by atomic mass is 35.5. The normalized spacial score (nSPS) is 9.50. The molecule has 1 rings (SSSR count). The monoisotopic (exact) mass is 177 g/mol. The molecule has 0 amide bonds. The second-order valence-electron chi connectivity index (χ2n) is 1.71. The summed E-state index contributed by atoms with van der Waals surface area (Å²) in [5, 5.41) is 9.19. The molecule has 0 radical (unpaired) electrons. The van der Waals surface area contributed by atoms with Crippen LogP contribution in [-0.2, 0) is 0 Å². The number of rotatable bonds is 1. The number of benzene rings is 1. The van der Waals surface area contributed by atoms with Crippen LogP contribution in [0.3, 0.4) is 0 Å². The molecule has 1 aromatic rings. The first-order valence-electron chi connectivity index (χ1n) is 2.60. The van der Waals surface area contributed by atoms with Crippen molar-refractivity contribution in [2.45, 2.75) is 0 Å². The van der Waals surface area contributed by atoms with Crippen molar-refractivity contribution in [3.05, 3.63) is 28.2 Å². The average molecular weight is 178 g/mol. The average Bonchev–Trinajstić information content (AvgIpc) is 1.95. The molecule has 0 spiro atoms. The standard InChI is InChI=1S/C6H5Cl2NO/c7-4-2-1-3-5(9-10)6(4)8/h1-3,9-10H. The Bertz CT molecular complexity index is 239. The van der Waals surface area contributed by atoms with E-state index in [0.717, 1.165) is 0 Å². The summed E-state index contributed by atoms with van der Waals surface area (Å²) in [5.41, 5.74) is 2.33. The molecule has 4 heteroatoms. The fourth-order valence-electron chi connectivity index (χ4n) is 0.590. The van der Waals surface area contributed by atoms with Crippen molar-refractivity contribution in [1.29, 1.82) is 0 Å². The van der Waals surface area contributed by atoms with Crippen molar-refractivity contribution in [1.82, 2.24) is 0 Å². The summed E-state index contributed by atoms with van der Waals surface area (Å²) in [6, 6.07) is 4.95. The molecular formula is C6H5Cl2NO. The van der Waals surface area contributed by atoms with E-state index in [0.29, 0.717) is 15.7 Å². The molecular weight excluding hydrogens is 173 g/mol. The van der Waals surface area contributed by atoms with Crippen LogP contribution < -0.4 is 5.48 Å². The maximum Gasteiger partial charge on any atom is 0.0846 e. The maximum atomic E-state index is 8.45. The topological polar surface area (TPSA) is 32.3 Å². The Labute approximate surface area is 68.3 Å². The highest BCUT2D eigenvalue weighted by molar-refractivity contribution is 6.43. The maximum absolute atomic E-state index is 8.45. The number of hydrogen-bond acceptors (Lipinski definition) is 2. The minimum Gasteiger partial charge on any atom is -0.291 e. The molecule has 2 nitrogen and oxygen atoms in total. The third-order valence-corrected chi connectivity index (χ3v) is 1.89. The molecule has 0 fully saturated rings. The van der Waals surface area contributed by atoms with Crippen LogP contribution in [0.1, 0.15) is 0 Å². The smallest absolute Gasteiger partial charge is 0.0846 e. The summed E-state index contributed by atoms with van der Waals surface area (Å²) < 4.78 is 0. The van der Waals surface area contributed by atoms with Crippen molar-refractivity contribution < 1.29 is 5.21 Å². The Morgan fingerprint density at radius 3 is 2.50 bits per heavy atom. The molecule has 0 saturated heterocycles. The molecule has 54 valence electrons. The third kappa shape index (κ3) is 1.34. The second kappa shape index (κ2) is 3.10. The Kier molecular flexibility index (Phi) is 2.38. The van der Waals surface area contributed by atoms with Crippen LogP contribution in [-0.4, -0.2) is 5.21 Å². The molecule has 0 aromatic heterocycles. The van der Waals surface area contributed by atoms with E-state index >= 15 is 0 Å². The predicted molar refractivity (Wildman–Crippen MR) is 41.9 cm³/mol. The first kappa shape index (κ1) is 7.66. The lowest BCUT2D eigenvalue weighted by Gasteiger charge is -2.01. The second-order valence-corrected chi connectivity index (χ2v) is 2.50. The lowest BCUT2D eigenvalue weighted by Crippen LogP contribution is -1.89. The van der Waals surface area contributed by atoms with Crippen LogP contribution >= 0.6 is 23.2 Å². The van der Waals surface area contributed by atoms with Gasteiger partial charge in [0.25, 0.3) is 0 Å². The van der Waals surface area contributed by atoms with Gasteiger partial charge in [-0.05, 0) is 12.1 Å². The van der Waals surface area contributed by atoms with Crippen LogP contribution in [0.15, 0.2) is 18.2 Å². The van der Waals surface area contributed by atoms with Crippen LogP contribution in [0, 0.1) is 0 Å². The SMILES string of the molecule is ONc1cccc(Cl)c1Cl. The molecule has 0 saturated carbocycles. The number of anilines is 1. The van der Waals surface area contributed by atoms with E-state index in [9.17, 15) is 0 Å². The molecule has 0 aliphatic heterocycles. The van der Waals surface area contributed by atoms with Gasteiger partial charge >= 0.3 is 0 Å². The van der Waals surface area contributed by atoms with E-state index < -0.39 is 0 Å². The van der Waals surface area contributed by atoms with Crippen molar-refractivity contribution in [2.24, 2.45) is 0 Å². The van der Waals surface area contributed by atoms with Gasteiger partial charge in [-0.2, -0.15) is 0 Å². The van der Waals surface area contributed by atoms with E-state index in [-0.39, 0.29) is 0 Å². The number of halogens is 2. The Morgan fingerprint density at radius 2 is 2.00 bits per heavy atom. The number of hydrogen-bond donors (Lipinski definition) is 2. The van der Waals surface area contributed by atoms with E-state index in [2.05, 4.69) is 0 Å². The Balaban J connectivity index is 3.14. The molecule has 0 atom stereocenters. The molecule has 0 heterocycles. The zero-order valence-corrected chi connectivity index (χ0v) is 6.45. The highest BCUT2D eigenvalue weighted by Gasteiger charge is 2.00. The van der Waals surface area contributed by atoms with Gasteiger partial charge < -0.3 is 0 Å². The van der Waals surface area contributed by atoms with Crippen LogP contribution in [0.5, 0.6) is 0 Å². The lowest BCUT2D eigenvalue weighted by molar-refractivity contribution is 0.389. The summed E-state index contributed by atoms with van der Waals surface area (Å²) >= 11 is 11.2. The molecule has 10 heavy (non-hydrogen) atoms. The fraction of sp³-hybridized carbons (Fsp3) is 0. The molecule has 0 bridgehead atoms. The quantitative estimate of drug-likeness (QED) is 0.648. The zero-order chi connectivity index (χ0) is 7.56. The van der Waals surface area contributed by atoms with Crippen LogP contribution in [0.25, 0.3) is 0 Å². The van der Waals surface area contributed by atoms with Crippen molar-refractivity contribution >= 4 is 28.9 Å². The molecule has 0 aliphatic rings. The summed E-state index contributed by atoms with van der Waals surface area (Å²) in [4.78, 5) is 0.